The molecule has 20 heavy (non-hydrogen) atoms. The smallest absolute Gasteiger partial charge is 0.324 e. The number of hydrogen-bond acceptors (Lipinski definition) is 4. The number of hydrogen-bond donors (Lipinski definition) is 1. The highest BCUT2D eigenvalue weighted by molar-refractivity contribution is 9.10. The minimum atomic E-state index is -3.76. The zero-order valence-corrected chi connectivity index (χ0v) is 14.0. The molecule has 5 nitrogen and oxygen atoms in total. The monoisotopic (exact) mass is 363 g/mol. The second kappa shape index (κ2) is 7.19. The van der Waals surface area contributed by atoms with Gasteiger partial charge in [-0.15, -0.1) is 0 Å². The van der Waals surface area contributed by atoms with Crippen LogP contribution in [0.1, 0.15) is 20.3 Å². The lowest BCUT2D eigenvalue weighted by molar-refractivity contribution is -0.143. The first-order valence-corrected chi connectivity index (χ1v) is 8.45. The molecule has 0 aliphatic carbocycles. The van der Waals surface area contributed by atoms with Crippen LogP contribution in [0.5, 0.6) is 0 Å². The van der Waals surface area contributed by atoms with Crippen LogP contribution in [0.25, 0.3) is 0 Å². The Kier molecular flexibility index (Phi) is 6.16. The van der Waals surface area contributed by atoms with Gasteiger partial charge in [0.1, 0.15) is 6.04 Å². The molecule has 0 aliphatic heterocycles. The van der Waals surface area contributed by atoms with Crippen molar-refractivity contribution in [2.45, 2.75) is 31.2 Å². The molecule has 0 aliphatic rings. The predicted molar refractivity (Wildman–Crippen MR) is 79.7 cm³/mol. The Morgan fingerprint density at radius 2 is 1.90 bits per heavy atom. The van der Waals surface area contributed by atoms with Crippen LogP contribution >= 0.6 is 15.9 Å². The van der Waals surface area contributed by atoms with Crippen LogP contribution in [-0.2, 0) is 19.6 Å². The van der Waals surface area contributed by atoms with Crippen molar-refractivity contribution in [2.75, 3.05) is 7.11 Å². The van der Waals surface area contributed by atoms with E-state index in [9.17, 15) is 13.2 Å². The molecule has 112 valence electrons. The maximum absolute atomic E-state index is 12.3. The lowest BCUT2D eigenvalue weighted by atomic mass is 10.0. The van der Waals surface area contributed by atoms with Crippen molar-refractivity contribution < 1.29 is 17.9 Å². The van der Waals surface area contributed by atoms with E-state index >= 15 is 0 Å². The zero-order valence-electron chi connectivity index (χ0n) is 11.6. The van der Waals surface area contributed by atoms with E-state index in [1.165, 1.54) is 19.2 Å². The molecule has 0 bridgehead atoms. The Hall–Kier alpha value is -0.920. The third-order valence-corrected chi connectivity index (χ3v) is 5.06. The number of carbonyl (C=O) groups is 1. The highest BCUT2D eigenvalue weighted by Gasteiger charge is 2.30. The van der Waals surface area contributed by atoms with Gasteiger partial charge in [-0.05, 0) is 30.2 Å². The number of nitrogens with one attached hydrogen (secondary N) is 1. The zero-order chi connectivity index (χ0) is 15.3. The van der Waals surface area contributed by atoms with Gasteiger partial charge in [0, 0.05) is 4.47 Å². The van der Waals surface area contributed by atoms with E-state index in [1.807, 2.05) is 6.92 Å². The first kappa shape index (κ1) is 17.1. The molecule has 7 heteroatoms. The average Bonchev–Trinajstić information content (AvgIpc) is 2.43. The molecular formula is C13H18BrNO4S. The average molecular weight is 364 g/mol. The maximum atomic E-state index is 12.3. The summed E-state index contributed by atoms with van der Waals surface area (Å²) < 4.78 is 32.4. The fourth-order valence-corrected chi connectivity index (χ4v) is 3.17. The van der Waals surface area contributed by atoms with Gasteiger partial charge in [-0.3, -0.25) is 4.79 Å². The van der Waals surface area contributed by atoms with Gasteiger partial charge in [-0.25, -0.2) is 8.42 Å². The van der Waals surface area contributed by atoms with Gasteiger partial charge in [-0.1, -0.05) is 36.2 Å². The van der Waals surface area contributed by atoms with E-state index in [0.29, 0.717) is 6.42 Å². The molecule has 1 rings (SSSR count). The second-order valence-electron chi connectivity index (χ2n) is 4.46. The number of sulfonamides is 1. The fraction of sp³-hybridized carbons (Fsp3) is 0.462. The summed E-state index contributed by atoms with van der Waals surface area (Å²) in [6, 6.07) is 5.31. The Morgan fingerprint density at radius 1 is 1.35 bits per heavy atom. The Labute approximate surface area is 127 Å². The van der Waals surface area contributed by atoms with Crippen LogP contribution in [0, 0.1) is 5.92 Å². The normalized spacial score (nSPS) is 14.6. The largest absolute Gasteiger partial charge is 0.468 e. The number of rotatable bonds is 6. The van der Waals surface area contributed by atoms with Crippen molar-refractivity contribution in [1.29, 1.82) is 0 Å². The van der Waals surface area contributed by atoms with Gasteiger partial charge in [0.2, 0.25) is 10.0 Å². The Morgan fingerprint density at radius 3 is 2.35 bits per heavy atom. The number of methoxy groups -OCH3 is 1. The van der Waals surface area contributed by atoms with E-state index in [0.717, 1.165) is 4.47 Å². The molecule has 0 amide bonds. The predicted octanol–water partition coefficient (Wildman–Crippen LogP) is 2.32. The summed E-state index contributed by atoms with van der Waals surface area (Å²) in [5.74, 6) is -0.743. The number of halogens is 1. The van der Waals surface area contributed by atoms with Crippen molar-refractivity contribution in [2.24, 2.45) is 5.92 Å². The highest BCUT2D eigenvalue weighted by Crippen LogP contribution is 2.17. The molecule has 0 aromatic heterocycles. The molecule has 0 radical (unpaired) electrons. The van der Waals surface area contributed by atoms with Crippen LogP contribution in [0.4, 0.5) is 0 Å². The van der Waals surface area contributed by atoms with Gasteiger partial charge >= 0.3 is 5.97 Å². The fourth-order valence-electron chi connectivity index (χ4n) is 1.61. The van der Waals surface area contributed by atoms with Crippen molar-refractivity contribution in [3.63, 3.8) is 0 Å². The summed E-state index contributed by atoms with van der Waals surface area (Å²) in [5.41, 5.74) is 0. The van der Waals surface area contributed by atoms with Gasteiger partial charge in [0.05, 0.1) is 12.0 Å². The summed E-state index contributed by atoms with van der Waals surface area (Å²) in [6.07, 6.45) is 0.655. The Balaban J connectivity index is 3.02. The molecule has 2 atom stereocenters. The van der Waals surface area contributed by atoms with Gasteiger partial charge < -0.3 is 4.74 Å². The lowest BCUT2D eigenvalue weighted by Gasteiger charge is -2.21. The lowest BCUT2D eigenvalue weighted by Crippen LogP contribution is -2.45. The molecule has 1 aromatic carbocycles. The van der Waals surface area contributed by atoms with E-state index in [1.54, 1.807) is 19.1 Å². The quantitative estimate of drug-likeness (QED) is 0.787. The molecule has 2 unspecified atom stereocenters. The summed E-state index contributed by atoms with van der Waals surface area (Å²) in [6.45, 7) is 3.68. The van der Waals surface area contributed by atoms with Crippen molar-refractivity contribution in [1.82, 2.24) is 4.72 Å². The first-order valence-electron chi connectivity index (χ1n) is 6.17. The van der Waals surface area contributed by atoms with E-state index in [4.69, 9.17) is 0 Å². The SMILES string of the molecule is CCC(C)C(NS(=O)(=O)c1ccc(Br)cc1)C(=O)OC. The molecule has 0 saturated carbocycles. The van der Waals surface area contributed by atoms with E-state index < -0.39 is 22.0 Å². The molecule has 1 aromatic rings. The second-order valence-corrected chi connectivity index (χ2v) is 7.09. The number of esters is 1. The summed E-state index contributed by atoms with van der Waals surface area (Å²) in [5, 5.41) is 0. The Bertz CT molecular complexity index is 556. The number of carbonyl (C=O) groups excluding carboxylic acids is 1. The van der Waals surface area contributed by atoms with Gasteiger partial charge in [0.25, 0.3) is 0 Å². The molecule has 0 saturated heterocycles. The minimum Gasteiger partial charge on any atom is -0.468 e. The van der Waals surface area contributed by atoms with Gasteiger partial charge in [-0.2, -0.15) is 4.72 Å². The van der Waals surface area contributed by atoms with Crippen LogP contribution in [0.2, 0.25) is 0 Å². The highest BCUT2D eigenvalue weighted by atomic mass is 79.9. The van der Waals surface area contributed by atoms with Gasteiger partial charge in [0.15, 0.2) is 0 Å². The van der Waals surface area contributed by atoms with Crippen LogP contribution in [-0.4, -0.2) is 27.5 Å². The van der Waals surface area contributed by atoms with Crippen LogP contribution in [0.3, 0.4) is 0 Å². The summed E-state index contributed by atoms with van der Waals surface area (Å²) >= 11 is 3.24. The minimum absolute atomic E-state index is 0.109. The van der Waals surface area contributed by atoms with Crippen molar-refractivity contribution >= 4 is 31.9 Å². The van der Waals surface area contributed by atoms with E-state index in [-0.39, 0.29) is 10.8 Å². The third kappa shape index (κ3) is 4.29. The summed E-state index contributed by atoms with van der Waals surface area (Å²) in [4.78, 5) is 11.8. The standard InChI is InChI=1S/C13H18BrNO4S/c1-4-9(2)12(13(16)19-3)15-20(17,18)11-7-5-10(14)6-8-11/h5-9,12,15H,4H2,1-3H3. The van der Waals surface area contributed by atoms with Crippen LogP contribution in [0.15, 0.2) is 33.6 Å². The molecular weight excluding hydrogens is 346 g/mol. The summed E-state index contributed by atoms with van der Waals surface area (Å²) in [7, 11) is -2.52. The first-order chi connectivity index (χ1) is 9.31. The molecule has 0 fully saturated rings. The molecule has 1 N–H and O–H groups in total. The number of benzene rings is 1. The molecule has 0 spiro atoms. The topological polar surface area (TPSA) is 72.5 Å². The van der Waals surface area contributed by atoms with Crippen molar-refractivity contribution in [3.8, 4) is 0 Å². The third-order valence-electron chi connectivity index (χ3n) is 3.07. The van der Waals surface area contributed by atoms with E-state index in [2.05, 4.69) is 25.4 Å². The van der Waals surface area contributed by atoms with Crippen LogP contribution < -0.4 is 4.72 Å². The van der Waals surface area contributed by atoms with Crippen molar-refractivity contribution in [3.05, 3.63) is 28.7 Å². The molecule has 0 heterocycles. The number of ether oxygens (including phenoxy) is 1. The maximum Gasteiger partial charge on any atom is 0.324 e.